The summed E-state index contributed by atoms with van der Waals surface area (Å²) in [5.74, 6) is 1.71. The summed E-state index contributed by atoms with van der Waals surface area (Å²) in [5, 5.41) is 3.17. The van der Waals surface area contributed by atoms with Crippen molar-refractivity contribution in [1.82, 2.24) is 5.32 Å². The van der Waals surface area contributed by atoms with Gasteiger partial charge in [0.15, 0.2) is 0 Å². The summed E-state index contributed by atoms with van der Waals surface area (Å²) in [4.78, 5) is 0. The largest absolute Gasteiger partial charge is 0.492 e. The molecule has 1 heterocycles. The number of rotatable bonds is 4. The van der Waals surface area contributed by atoms with Gasteiger partial charge in [0, 0.05) is 11.5 Å². The average Bonchev–Trinajstić information content (AvgIpc) is 2.62. The number of hydrogen-bond donors (Lipinski definition) is 1. The zero-order valence-corrected chi connectivity index (χ0v) is 9.55. The number of para-hydroxylation sites is 1. The molecule has 0 saturated heterocycles. The Morgan fingerprint density at radius 1 is 1.47 bits per heavy atom. The Labute approximate surface area is 91.6 Å². The molecule has 0 fully saturated rings. The molecule has 1 atom stereocenters. The third kappa shape index (κ3) is 2.15. The molecule has 0 radical (unpaired) electrons. The number of nitrogens with one attached hydrogen (secondary N) is 1. The summed E-state index contributed by atoms with van der Waals surface area (Å²) in [7, 11) is 1.99. The van der Waals surface area contributed by atoms with Crippen molar-refractivity contribution in [2.75, 3.05) is 20.2 Å². The molecule has 0 aliphatic carbocycles. The Morgan fingerprint density at radius 3 is 3.13 bits per heavy atom. The van der Waals surface area contributed by atoms with Crippen LogP contribution in [0.15, 0.2) is 18.2 Å². The van der Waals surface area contributed by atoms with Crippen LogP contribution in [0.5, 0.6) is 5.75 Å². The smallest absolute Gasteiger partial charge is 0.126 e. The molecule has 0 aromatic heterocycles. The summed E-state index contributed by atoms with van der Waals surface area (Å²) >= 11 is 0. The molecule has 2 nitrogen and oxygen atoms in total. The van der Waals surface area contributed by atoms with Crippen LogP contribution in [0, 0.1) is 0 Å². The Kier molecular flexibility index (Phi) is 3.27. The standard InChI is InChI=1S/C13H19NO/c1-10-9-15-13-11(6-4-8-14-2)5-3-7-12(10)13/h3,5,7,10,14H,4,6,8-9H2,1-2H3. The van der Waals surface area contributed by atoms with Gasteiger partial charge in [-0.25, -0.2) is 0 Å². The summed E-state index contributed by atoms with van der Waals surface area (Å²) in [5.41, 5.74) is 2.75. The van der Waals surface area contributed by atoms with Gasteiger partial charge in [-0.1, -0.05) is 25.1 Å². The highest BCUT2D eigenvalue weighted by Gasteiger charge is 2.21. The van der Waals surface area contributed by atoms with Crippen LogP contribution in [0.4, 0.5) is 0 Å². The molecular formula is C13H19NO. The van der Waals surface area contributed by atoms with Gasteiger partial charge < -0.3 is 10.1 Å². The van der Waals surface area contributed by atoms with Crippen molar-refractivity contribution in [3.05, 3.63) is 29.3 Å². The van der Waals surface area contributed by atoms with E-state index in [-0.39, 0.29) is 0 Å². The first-order valence-electron chi connectivity index (χ1n) is 5.72. The predicted molar refractivity (Wildman–Crippen MR) is 62.6 cm³/mol. The van der Waals surface area contributed by atoms with E-state index >= 15 is 0 Å². The maximum atomic E-state index is 5.75. The number of fused-ring (bicyclic) bond motifs is 1. The molecule has 1 aliphatic heterocycles. The van der Waals surface area contributed by atoms with Crippen LogP contribution in [0.2, 0.25) is 0 Å². The fraction of sp³-hybridized carbons (Fsp3) is 0.538. The van der Waals surface area contributed by atoms with E-state index in [2.05, 4.69) is 30.4 Å². The average molecular weight is 205 g/mol. The van der Waals surface area contributed by atoms with Gasteiger partial charge in [0.25, 0.3) is 0 Å². The van der Waals surface area contributed by atoms with E-state index in [4.69, 9.17) is 4.74 Å². The Bertz CT molecular complexity index is 335. The van der Waals surface area contributed by atoms with E-state index in [1.165, 1.54) is 17.5 Å². The quantitative estimate of drug-likeness (QED) is 0.762. The lowest BCUT2D eigenvalue weighted by Crippen LogP contribution is -2.08. The van der Waals surface area contributed by atoms with Gasteiger partial charge in [-0.2, -0.15) is 0 Å². The fourth-order valence-electron chi connectivity index (χ4n) is 2.12. The van der Waals surface area contributed by atoms with Gasteiger partial charge in [-0.05, 0) is 32.0 Å². The summed E-state index contributed by atoms with van der Waals surface area (Å²) < 4.78 is 5.75. The normalized spacial score (nSPS) is 18.7. The molecule has 1 unspecified atom stereocenters. The highest BCUT2D eigenvalue weighted by atomic mass is 16.5. The van der Waals surface area contributed by atoms with Crippen molar-refractivity contribution in [3.63, 3.8) is 0 Å². The first kappa shape index (κ1) is 10.5. The zero-order valence-electron chi connectivity index (χ0n) is 9.55. The topological polar surface area (TPSA) is 21.3 Å². The summed E-state index contributed by atoms with van der Waals surface area (Å²) in [6.45, 7) is 4.14. The Balaban J connectivity index is 2.12. The van der Waals surface area contributed by atoms with Crippen molar-refractivity contribution >= 4 is 0 Å². The molecule has 2 rings (SSSR count). The van der Waals surface area contributed by atoms with E-state index in [1.54, 1.807) is 0 Å². The van der Waals surface area contributed by atoms with Gasteiger partial charge in [0.05, 0.1) is 6.61 Å². The third-order valence-electron chi connectivity index (χ3n) is 3.01. The molecule has 1 aromatic carbocycles. The molecule has 82 valence electrons. The lowest BCUT2D eigenvalue weighted by atomic mass is 9.99. The van der Waals surface area contributed by atoms with E-state index in [9.17, 15) is 0 Å². The Morgan fingerprint density at radius 2 is 2.33 bits per heavy atom. The van der Waals surface area contributed by atoms with Crippen LogP contribution in [-0.2, 0) is 6.42 Å². The Hall–Kier alpha value is -1.02. The third-order valence-corrected chi connectivity index (χ3v) is 3.01. The maximum Gasteiger partial charge on any atom is 0.126 e. The van der Waals surface area contributed by atoms with Crippen molar-refractivity contribution in [1.29, 1.82) is 0 Å². The van der Waals surface area contributed by atoms with Crippen LogP contribution < -0.4 is 10.1 Å². The second-order valence-corrected chi connectivity index (χ2v) is 4.25. The second kappa shape index (κ2) is 4.67. The highest BCUT2D eigenvalue weighted by Crippen LogP contribution is 2.36. The second-order valence-electron chi connectivity index (χ2n) is 4.25. The van der Waals surface area contributed by atoms with E-state index < -0.39 is 0 Å². The number of ether oxygens (including phenoxy) is 1. The molecule has 0 amide bonds. The number of hydrogen-bond acceptors (Lipinski definition) is 2. The number of benzene rings is 1. The minimum absolute atomic E-state index is 0.559. The minimum atomic E-state index is 0.559. The monoisotopic (exact) mass is 205 g/mol. The maximum absolute atomic E-state index is 5.75. The summed E-state index contributed by atoms with van der Waals surface area (Å²) in [6, 6.07) is 6.53. The molecule has 0 spiro atoms. The first-order valence-corrected chi connectivity index (χ1v) is 5.72. The molecular weight excluding hydrogens is 186 g/mol. The highest BCUT2D eigenvalue weighted by molar-refractivity contribution is 5.46. The molecule has 0 saturated carbocycles. The van der Waals surface area contributed by atoms with Crippen LogP contribution in [0.25, 0.3) is 0 Å². The molecule has 1 N–H and O–H groups in total. The van der Waals surface area contributed by atoms with Gasteiger partial charge >= 0.3 is 0 Å². The van der Waals surface area contributed by atoms with Crippen molar-refractivity contribution in [2.24, 2.45) is 0 Å². The van der Waals surface area contributed by atoms with Gasteiger partial charge in [0.1, 0.15) is 5.75 Å². The van der Waals surface area contributed by atoms with E-state index in [0.29, 0.717) is 5.92 Å². The van der Waals surface area contributed by atoms with E-state index in [1.807, 2.05) is 7.05 Å². The minimum Gasteiger partial charge on any atom is -0.492 e. The fourth-order valence-corrected chi connectivity index (χ4v) is 2.12. The van der Waals surface area contributed by atoms with Gasteiger partial charge in [-0.15, -0.1) is 0 Å². The molecule has 1 aliphatic rings. The van der Waals surface area contributed by atoms with Crippen molar-refractivity contribution in [2.45, 2.75) is 25.7 Å². The van der Waals surface area contributed by atoms with E-state index in [0.717, 1.165) is 25.3 Å². The zero-order chi connectivity index (χ0) is 10.7. The van der Waals surface area contributed by atoms with Gasteiger partial charge in [-0.3, -0.25) is 0 Å². The van der Waals surface area contributed by atoms with Crippen molar-refractivity contribution < 1.29 is 4.74 Å². The number of aryl methyl sites for hydroxylation is 1. The lowest BCUT2D eigenvalue weighted by molar-refractivity contribution is 0.334. The molecule has 0 bridgehead atoms. The van der Waals surface area contributed by atoms with Crippen LogP contribution in [-0.4, -0.2) is 20.2 Å². The summed E-state index contributed by atoms with van der Waals surface area (Å²) in [6.07, 6.45) is 2.28. The van der Waals surface area contributed by atoms with Crippen LogP contribution in [0.1, 0.15) is 30.4 Å². The first-order chi connectivity index (χ1) is 7.33. The predicted octanol–water partition coefficient (Wildman–Crippen LogP) is 2.33. The molecule has 15 heavy (non-hydrogen) atoms. The SMILES string of the molecule is CNCCCc1cccc2c1OCC2C. The van der Waals surface area contributed by atoms with Crippen molar-refractivity contribution in [3.8, 4) is 5.75 Å². The molecule has 2 heteroatoms. The molecule has 1 aromatic rings. The van der Waals surface area contributed by atoms with Crippen LogP contribution in [0.3, 0.4) is 0 Å². The van der Waals surface area contributed by atoms with Gasteiger partial charge in [0.2, 0.25) is 0 Å². The lowest BCUT2D eigenvalue weighted by Gasteiger charge is -2.07. The van der Waals surface area contributed by atoms with Crippen LogP contribution >= 0.6 is 0 Å².